The zero-order valence-electron chi connectivity index (χ0n) is 10.2. The Bertz CT molecular complexity index is 276. The van der Waals surface area contributed by atoms with Crippen molar-refractivity contribution in [2.45, 2.75) is 45.1 Å². The van der Waals surface area contributed by atoms with Crippen LogP contribution in [0.1, 0.15) is 39.0 Å². The van der Waals surface area contributed by atoms with E-state index < -0.39 is 5.41 Å². The second-order valence-corrected chi connectivity index (χ2v) is 4.81. The quantitative estimate of drug-likeness (QED) is 0.666. The minimum absolute atomic E-state index is 0. The Morgan fingerprint density at radius 1 is 1.35 bits per heavy atom. The van der Waals surface area contributed by atoms with Crippen LogP contribution in [0, 0.1) is 5.41 Å². The van der Waals surface area contributed by atoms with Crippen molar-refractivity contribution in [3.05, 3.63) is 0 Å². The number of halogens is 1. The standard InChI is InChI=1S/C11H21N3O2.ClH/c1-8(12)6-9(15)14-7-11(10(13)16)4-2-3-5-11;/h8H,2-7,12H2,1H3,(H2,13,16)(H,14,15);1H. The summed E-state index contributed by atoms with van der Waals surface area (Å²) in [5.41, 5.74) is 10.4. The minimum Gasteiger partial charge on any atom is -0.369 e. The first-order chi connectivity index (χ1) is 7.46. The van der Waals surface area contributed by atoms with Crippen molar-refractivity contribution in [1.82, 2.24) is 5.32 Å². The second-order valence-electron chi connectivity index (χ2n) is 4.81. The van der Waals surface area contributed by atoms with E-state index in [1.807, 2.05) is 0 Å². The van der Waals surface area contributed by atoms with Gasteiger partial charge in [0.25, 0.3) is 0 Å². The molecule has 0 radical (unpaired) electrons. The normalized spacial score (nSPS) is 19.2. The predicted molar refractivity (Wildman–Crippen MR) is 68.6 cm³/mol. The molecule has 0 saturated heterocycles. The molecule has 2 amide bonds. The van der Waals surface area contributed by atoms with E-state index in [9.17, 15) is 9.59 Å². The Kier molecular flexibility index (Phi) is 6.49. The van der Waals surface area contributed by atoms with E-state index in [0.29, 0.717) is 6.54 Å². The third-order valence-corrected chi connectivity index (χ3v) is 3.21. The van der Waals surface area contributed by atoms with Crippen molar-refractivity contribution in [2.24, 2.45) is 16.9 Å². The number of amides is 2. The van der Waals surface area contributed by atoms with Gasteiger partial charge in [0.05, 0.1) is 5.41 Å². The fraction of sp³-hybridized carbons (Fsp3) is 0.818. The molecule has 1 saturated carbocycles. The Morgan fingerprint density at radius 3 is 2.29 bits per heavy atom. The zero-order chi connectivity index (χ0) is 12.2. The van der Waals surface area contributed by atoms with Crippen LogP contribution >= 0.6 is 12.4 Å². The van der Waals surface area contributed by atoms with E-state index in [2.05, 4.69) is 5.32 Å². The first-order valence-corrected chi connectivity index (χ1v) is 5.78. The van der Waals surface area contributed by atoms with E-state index in [-0.39, 0.29) is 36.7 Å². The summed E-state index contributed by atoms with van der Waals surface area (Å²) in [6, 6.07) is -0.159. The summed E-state index contributed by atoms with van der Waals surface area (Å²) < 4.78 is 0. The summed E-state index contributed by atoms with van der Waals surface area (Å²) in [7, 11) is 0. The smallest absolute Gasteiger partial charge is 0.225 e. The summed E-state index contributed by atoms with van der Waals surface area (Å²) in [4.78, 5) is 22.8. The van der Waals surface area contributed by atoms with Crippen LogP contribution in [-0.4, -0.2) is 24.4 Å². The predicted octanol–water partition coefficient (Wildman–Crippen LogP) is 0.307. The van der Waals surface area contributed by atoms with Gasteiger partial charge < -0.3 is 16.8 Å². The molecule has 0 heterocycles. The number of carbonyl (C=O) groups excluding carboxylic acids is 2. The van der Waals surface area contributed by atoms with Gasteiger partial charge in [0.2, 0.25) is 11.8 Å². The highest BCUT2D eigenvalue weighted by molar-refractivity contribution is 5.85. The van der Waals surface area contributed by atoms with Crippen LogP contribution in [0.4, 0.5) is 0 Å². The molecular weight excluding hydrogens is 242 g/mol. The van der Waals surface area contributed by atoms with Gasteiger partial charge in [-0.25, -0.2) is 0 Å². The van der Waals surface area contributed by atoms with Gasteiger partial charge in [0.1, 0.15) is 0 Å². The summed E-state index contributed by atoms with van der Waals surface area (Å²) in [6.07, 6.45) is 3.86. The summed E-state index contributed by atoms with van der Waals surface area (Å²) in [5, 5.41) is 2.76. The van der Waals surface area contributed by atoms with Crippen molar-refractivity contribution in [3.63, 3.8) is 0 Å². The molecule has 0 aromatic heterocycles. The van der Waals surface area contributed by atoms with Crippen molar-refractivity contribution >= 4 is 24.2 Å². The topological polar surface area (TPSA) is 98.2 Å². The molecule has 0 aromatic carbocycles. The maximum Gasteiger partial charge on any atom is 0.225 e. The fourth-order valence-corrected chi connectivity index (χ4v) is 2.19. The highest BCUT2D eigenvalue weighted by atomic mass is 35.5. The third-order valence-electron chi connectivity index (χ3n) is 3.21. The summed E-state index contributed by atoms with van der Waals surface area (Å²) >= 11 is 0. The summed E-state index contributed by atoms with van der Waals surface area (Å²) in [5.74, 6) is -0.409. The lowest BCUT2D eigenvalue weighted by Gasteiger charge is -2.25. The van der Waals surface area contributed by atoms with E-state index in [1.54, 1.807) is 6.92 Å². The van der Waals surface area contributed by atoms with Gasteiger partial charge in [0, 0.05) is 19.0 Å². The highest BCUT2D eigenvalue weighted by Gasteiger charge is 2.39. The van der Waals surface area contributed by atoms with Crippen LogP contribution in [0.2, 0.25) is 0 Å². The van der Waals surface area contributed by atoms with Gasteiger partial charge >= 0.3 is 0 Å². The van der Waals surface area contributed by atoms with Crippen LogP contribution in [0.5, 0.6) is 0 Å². The number of hydrogen-bond donors (Lipinski definition) is 3. The molecule has 5 nitrogen and oxygen atoms in total. The second kappa shape index (κ2) is 6.81. The SMILES string of the molecule is CC(N)CC(=O)NCC1(C(N)=O)CCCC1.Cl. The molecule has 1 atom stereocenters. The van der Waals surface area contributed by atoms with E-state index in [1.165, 1.54) is 0 Å². The van der Waals surface area contributed by atoms with Crippen molar-refractivity contribution in [3.8, 4) is 0 Å². The van der Waals surface area contributed by atoms with Crippen LogP contribution in [0.3, 0.4) is 0 Å². The van der Waals surface area contributed by atoms with Gasteiger partial charge in [-0.1, -0.05) is 12.8 Å². The van der Waals surface area contributed by atoms with Gasteiger partial charge in [-0.15, -0.1) is 12.4 Å². The minimum atomic E-state index is -0.520. The lowest BCUT2D eigenvalue weighted by Crippen LogP contribution is -2.45. The highest BCUT2D eigenvalue weighted by Crippen LogP contribution is 2.37. The molecular formula is C11H22ClN3O2. The molecule has 1 aliphatic rings. The maximum atomic E-state index is 11.4. The molecule has 17 heavy (non-hydrogen) atoms. The van der Waals surface area contributed by atoms with Crippen LogP contribution in [0.15, 0.2) is 0 Å². The number of primary amides is 1. The lowest BCUT2D eigenvalue weighted by molar-refractivity contribution is -0.128. The number of hydrogen-bond acceptors (Lipinski definition) is 3. The molecule has 0 aromatic rings. The Hall–Kier alpha value is -0.810. The monoisotopic (exact) mass is 263 g/mol. The van der Waals surface area contributed by atoms with Gasteiger partial charge in [-0.3, -0.25) is 9.59 Å². The van der Waals surface area contributed by atoms with E-state index in [0.717, 1.165) is 25.7 Å². The summed E-state index contributed by atoms with van der Waals surface area (Å²) in [6.45, 7) is 2.13. The molecule has 1 aliphatic carbocycles. The zero-order valence-corrected chi connectivity index (χ0v) is 11.0. The molecule has 0 aliphatic heterocycles. The molecule has 0 spiro atoms. The average molecular weight is 264 g/mol. The molecule has 100 valence electrons. The van der Waals surface area contributed by atoms with Crippen molar-refractivity contribution in [1.29, 1.82) is 0 Å². The number of nitrogens with two attached hydrogens (primary N) is 2. The van der Waals surface area contributed by atoms with Crippen molar-refractivity contribution < 1.29 is 9.59 Å². The Balaban J connectivity index is 0.00000256. The Labute approximate surface area is 108 Å². The average Bonchev–Trinajstić information content (AvgIpc) is 2.63. The van der Waals surface area contributed by atoms with Crippen LogP contribution in [-0.2, 0) is 9.59 Å². The van der Waals surface area contributed by atoms with Gasteiger partial charge in [0.15, 0.2) is 0 Å². The first kappa shape index (κ1) is 16.2. The van der Waals surface area contributed by atoms with Crippen LogP contribution < -0.4 is 16.8 Å². The van der Waals surface area contributed by atoms with Gasteiger partial charge in [-0.2, -0.15) is 0 Å². The van der Waals surface area contributed by atoms with E-state index >= 15 is 0 Å². The largest absolute Gasteiger partial charge is 0.369 e. The molecule has 5 N–H and O–H groups in total. The molecule has 1 rings (SSSR count). The number of nitrogens with one attached hydrogen (secondary N) is 1. The fourth-order valence-electron chi connectivity index (χ4n) is 2.19. The third kappa shape index (κ3) is 4.52. The molecule has 1 fully saturated rings. The molecule has 6 heteroatoms. The number of rotatable bonds is 5. The molecule has 0 bridgehead atoms. The van der Waals surface area contributed by atoms with E-state index in [4.69, 9.17) is 11.5 Å². The van der Waals surface area contributed by atoms with Crippen LogP contribution in [0.25, 0.3) is 0 Å². The molecule has 1 unspecified atom stereocenters. The lowest BCUT2D eigenvalue weighted by atomic mass is 9.85. The first-order valence-electron chi connectivity index (χ1n) is 5.78. The number of carbonyl (C=O) groups is 2. The maximum absolute atomic E-state index is 11.4. The van der Waals surface area contributed by atoms with Crippen molar-refractivity contribution in [2.75, 3.05) is 6.54 Å². The van der Waals surface area contributed by atoms with Gasteiger partial charge in [-0.05, 0) is 19.8 Å². The Morgan fingerprint density at radius 2 is 1.88 bits per heavy atom.